The second kappa shape index (κ2) is 10.6. The number of nitrogens with one attached hydrogen (secondary N) is 2. The lowest BCUT2D eigenvalue weighted by atomic mass is 9.85. The summed E-state index contributed by atoms with van der Waals surface area (Å²) in [6, 6.07) is 0.509. The molecule has 31 heavy (non-hydrogen) atoms. The van der Waals surface area contributed by atoms with Crippen molar-refractivity contribution in [1.29, 1.82) is 0 Å². The molecule has 0 spiro atoms. The van der Waals surface area contributed by atoms with Crippen molar-refractivity contribution >= 4 is 41.8 Å². The number of nitrogens with zero attached hydrogens (tertiary/aromatic N) is 3. The van der Waals surface area contributed by atoms with Crippen molar-refractivity contribution < 1.29 is 9.59 Å². The molecule has 2 heterocycles. The average Bonchev–Trinajstić information content (AvgIpc) is 3.50. The number of hydrogen-bond donors (Lipinski definition) is 2. The lowest BCUT2D eigenvalue weighted by molar-refractivity contribution is -0.140. The summed E-state index contributed by atoms with van der Waals surface area (Å²) in [4.78, 5) is 34.0. The quantitative estimate of drug-likeness (QED) is 0.161. The number of imide groups is 1. The SMILES string of the molecule is CN=C(NCCN1C(=O)C2C3C=CC(C3)C2C1=O)NCC(CC(C)C)N1CCCC1.I. The molecule has 5 unspecified atom stereocenters. The number of halogens is 1. The molecule has 2 saturated heterocycles. The number of fused-ring (bicyclic) bond motifs is 5. The van der Waals surface area contributed by atoms with Crippen LogP contribution in [0.5, 0.6) is 0 Å². The van der Waals surface area contributed by atoms with Gasteiger partial charge in [-0.2, -0.15) is 0 Å². The number of guanidine groups is 1. The molecule has 0 aromatic rings. The topological polar surface area (TPSA) is 77.0 Å². The van der Waals surface area contributed by atoms with E-state index in [1.807, 2.05) is 0 Å². The molecule has 2 aliphatic carbocycles. The van der Waals surface area contributed by atoms with Crippen molar-refractivity contribution in [3.63, 3.8) is 0 Å². The van der Waals surface area contributed by atoms with E-state index in [9.17, 15) is 9.59 Å². The Morgan fingerprint density at radius 3 is 2.26 bits per heavy atom. The van der Waals surface area contributed by atoms with E-state index < -0.39 is 0 Å². The van der Waals surface area contributed by atoms with Crippen LogP contribution in [0.1, 0.15) is 39.5 Å². The minimum absolute atomic E-state index is 0. The second-order valence-electron chi connectivity index (χ2n) is 9.73. The van der Waals surface area contributed by atoms with Crippen LogP contribution in [0, 0.1) is 29.6 Å². The number of carbonyl (C=O) groups excluding carboxylic acids is 2. The van der Waals surface area contributed by atoms with Crippen molar-refractivity contribution in [2.75, 3.05) is 39.8 Å². The molecule has 2 amide bonds. The Morgan fingerprint density at radius 2 is 1.71 bits per heavy atom. The van der Waals surface area contributed by atoms with Gasteiger partial charge in [0.25, 0.3) is 0 Å². The largest absolute Gasteiger partial charge is 0.355 e. The van der Waals surface area contributed by atoms with E-state index in [4.69, 9.17) is 0 Å². The van der Waals surface area contributed by atoms with Gasteiger partial charge in [-0.3, -0.25) is 24.4 Å². The molecular weight excluding hydrogens is 505 g/mol. The van der Waals surface area contributed by atoms with E-state index in [0.717, 1.165) is 18.9 Å². The monoisotopic (exact) mass is 543 g/mol. The third kappa shape index (κ3) is 5.10. The summed E-state index contributed by atoms with van der Waals surface area (Å²) in [7, 11) is 1.77. The Morgan fingerprint density at radius 1 is 1.10 bits per heavy atom. The summed E-state index contributed by atoms with van der Waals surface area (Å²) < 4.78 is 0. The molecule has 7 nitrogen and oxygen atoms in total. The highest BCUT2D eigenvalue weighted by Gasteiger charge is 2.58. The first-order valence-corrected chi connectivity index (χ1v) is 11.7. The van der Waals surface area contributed by atoms with E-state index in [2.05, 4.69) is 46.5 Å². The van der Waals surface area contributed by atoms with Crippen LogP contribution in [0.15, 0.2) is 17.1 Å². The third-order valence-corrected chi connectivity index (χ3v) is 7.32. The van der Waals surface area contributed by atoms with Gasteiger partial charge in [0.1, 0.15) is 0 Å². The van der Waals surface area contributed by atoms with E-state index in [-0.39, 0.29) is 59.5 Å². The van der Waals surface area contributed by atoms with Crippen LogP contribution in [0.25, 0.3) is 0 Å². The Bertz CT molecular complexity index is 689. The standard InChI is InChI=1S/C23H37N5O2.HI/c1-15(2)12-18(27-9-4-5-10-27)14-26-23(24-3)25-8-11-28-21(29)19-16-6-7-17(13-16)20(19)22(28)30;/h6-7,15-20H,4-5,8-14H2,1-3H3,(H2,24,25,26);1H. The lowest BCUT2D eigenvalue weighted by Crippen LogP contribution is -2.48. The molecule has 4 rings (SSSR count). The molecule has 0 aromatic carbocycles. The van der Waals surface area contributed by atoms with Gasteiger partial charge >= 0.3 is 0 Å². The van der Waals surface area contributed by atoms with Gasteiger partial charge in [-0.15, -0.1) is 24.0 Å². The van der Waals surface area contributed by atoms with Crippen LogP contribution >= 0.6 is 24.0 Å². The molecule has 8 heteroatoms. The van der Waals surface area contributed by atoms with E-state index in [1.54, 1.807) is 7.05 Å². The minimum Gasteiger partial charge on any atom is -0.355 e. The van der Waals surface area contributed by atoms with Crippen molar-refractivity contribution in [3.8, 4) is 0 Å². The number of aliphatic imine (C=N–C) groups is 1. The molecule has 2 aliphatic heterocycles. The summed E-state index contributed by atoms with van der Waals surface area (Å²) in [5.74, 6) is 1.77. The van der Waals surface area contributed by atoms with Crippen molar-refractivity contribution in [1.82, 2.24) is 20.4 Å². The van der Waals surface area contributed by atoms with E-state index in [0.29, 0.717) is 25.0 Å². The molecule has 2 N–H and O–H groups in total. The molecule has 2 bridgehead atoms. The first kappa shape index (κ1) is 24.5. The maximum Gasteiger partial charge on any atom is 0.233 e. The van der Waals surface area contributed by atoms with Gasteiger partial charge < -0.3 is 10.6 Å². The van der Waals surface area contributed by atoms with Gasteiger partial charge in [0, 0.05) is 32.7 Å². The first-order valence-electron chi connectivity index (χ1n) is 11.7. The Labute approximate surface area is 203 Å². The predicted octanol–water partition coefficient (Wildman–Crippen LogP) is 2.09. The molecule has 0 radical (unpaired) electrons. The lowest BCUT2D eigenvalue weighted by Gasteiger charge is -2.30. The smallest absolute Gasteiger partial charge is 0.233 e. The van der Waals surface area contributed by atoms with E-state index >= 15 is 0 Å². The molecule has 5 atom stereocenters. The van der Waals surface area contributed by atoms with Gasteiger partial charge in [-0.25, -0.2) is 0 Å². The number of carbonyl (C=O) groups is 2. The molecule has 174 valence electrons. The number of rotatable bonds is 8. The van der Waals surface area contributed by atoms with Crippen LogP contribution in [0.3, 0.4) is 0 Å². The summed E-state index contributed by atoms with van der Waals surface area (Å²) in [6.45, 7) is 8.71. The summed E-state index contributed by atoms with van der Waals surface area (Å²) in [5, 5.41) is 6.76. The van der Waals surface area contributed by atoms with Gasteiger partial charge in [0.05, 0.1) is 11.8 Å². The summed E-state index contributed by atoms with van der Waals surface area (Å²) in [6.07, 6.45) is 9.00. The minimum atomic E-state index is -0.109. The number of hydrogen-bond acceptors (Lipinski definition) is 4. The zero-order valence-electron chi connectivity index (χ0n) is 19.0. The Kier molecular flexibility index (Phi) is 8.40. The number of likely N-dealkylation sites (tertiary alicyclic amines) is 2. The highest BCUT2D eigenvalue weighted by Crippen LogP contribution is 2.52. The highest BCUT2D eigenvalue weighted by molar-refractivity contribution is 14.0. The number of allylic oxidation sites excluding steroid dienone is 2. The molecule has 0 aromatic heterocycles. The van der Waals surface area contributed by atoms with E-state index in [1.165, 1.54) is 37.3 Å². The summed E-state index contributed by atoms with van der Waals surface area (Å²) in [5.41, 5.74) is 0. The van der Waals surface area contributed by atoms with Gasteiger partial charge in [0.15, 0.2) is 5.96 Å². The van der Waals surface area contributed by atoms with Crippen LogP contribution < -0.4 is 10.6 Å². The molecule has 3 fully saturated rings. The Balaban J connectivity index is 0.00000272. The maximum absolute atomic E-state index is 12.8. The van der Waals surface area contributed by atoms with Gasteiger partial charge in [-0.1, -0.05) is 26.0 Å². The zero-order valence-corrected chi connectivity index (χ0v) is 21.4. The fourth-order valence-electron chi connectivity index (χ4n) is 5.92. The van der Waals surface area contributed by atoms with Crippen LogP contribution in [0.2, 0.25) is 0 Å². The first-order chi connectivity index (χ1) is 14.5. The highest BCUT2D eigenvalue weighted by atomic mass is 127. The third-order valence-electron chi connectivity index (χ3n) is 7.32. The average molecular weight is 543 g/mol. The Hall–Kier alpha value is -1.16. The molecule has 1 saturated carbocycles. The van der Waals surface area contributed by atoms with Crippen LogP contribution in [-0.4, -0.2) is 73.4 Å². The maximum atomic E-state index is 12.8. The van der Waals surface area contributed by atoms with Crippen LogP contribution in [0.4, 0.5) is 0 Å². The van der Waals surface area contributed by atoms with Crippen molar-refractivity contribution in [3.05, 3.63) is 12.2 Å². The molecule has 4 aliphatic rings. The molecular formula is C23H38IN5O2. The van der Waals surface area contributed by atoms with Crippen molar-refractivity contribution in [2.45, 2.75) is 45.6 Å². The van der Waals surface area contributed by atoms with Gasteiger partial charge in [0.2, 0.25) is 11.8 Å². The fourth-order valence-corrected chi connectivity index (χ4v) is 5.92. The fraction of sp³-hybridized carbons (Fsp3) is 0.783. The van der Waals surface area contributed by atoms with Crippen molar-refractivity contribution in [2.24, 2.45) is 34.6 Å². The van der Waals surface area contributed by atoms with Gasteiger partial charge in [-0.05, 0) is 56.5 Å². The van der Waals surface area contributed by atoms with Crippen LogP contribution in [-0.2, 0) is 9.59 Å². The normalized spacial score (nSPS) is 30.8. The summed E-state index contributed by atoms with van der Waals surface area (Å²) >= 11 is 0. The second-order valence-corrected chi connectivity index (χ2v) is 9.73. The predicted molar refractivity (Wildman–Crippen MR) is 133 cm³/mol. The zero-order chi connectivity index (χ0) is 21.3. The number of amides is 2.